The molecule has 0 atom stereocenters. The van der Waals surface area contributed by atoms with Crippen LogP contribution in [0.15, 0.2) is 0 Å². The molecule has 0 fully saturated rings. The van der Waals surface area contributed by atoms with Gasteiger partial charge in [0.15, 0.2) is 0 Å². The Hall–Kier alpha value is 0.440. The van der Waals surface area contributed by atoms with Gasteiger partial charge < -0.3 is 21.5 Å². The Bertz CT molecular complexity index is 76.8. The van der Waals surface area contributed by atoms with Gasteiger partial charge in [0.2, 0.25) is 0 Å². The summed E-state index contributed by atoms with van der Waals surface area (Å²) >= 11 is 0. The lowest BCUT2D eigenvalue weighted by Crippen LogP contribution is -3.00. The topological polar surface area (TPSA) is 0 Å². The molecule has 76 valence electrons. The van der Waals surface area contributed by atoms with Crippen LogP contribution in [-0.4, -0.2) is 31.2 Å². The molecule has 1 nitrogen and oxygen atoms in total. The van der Waals surface area contributed by atoms with Gasteiger partial charge in [0.25, 0.3) is 0 Å². The first-order chi connectivity index (χ1) is 5.18. The van der Waals surface area contributed by atoms with E-state index in [4.69, 9.17) is 0 Å². The molecule has 0 heterocycles. The van der Waals surface area contributed by atoms with Crippen LogP contribution in [0.4, 0.5) is 0 Å². The summed E-state index contributed by atoms with van der Waals surface area (Å²) in [6.45, 7) is 10.9. The van der Waals surface area contributed by atoms with Crippen LogP contribution >= 0.6 is 0 Å². The first-order valence-electron chi connectivity index (χ1n) is 5.02. The SMILES string of the molecule is CCC[N+](C)(CCC)CCC.[Br-]. The normalized spacial score (nSPS) is 11.0. The Balaban J connectivity index is 0. The summed E-state index contributed by atoms with van der Waals surface area (Å²) in [5, 5.41) is 0. The van der Waals surface area contributed by atoms with Gasteiger partial charge in [-0.2, -0.15) is 0 Å². The van der Waals surface area contributed by atoms with Gasteiger partial charge in [-0.3, -0.25) is 0 Å². The molecule has 0 amide bonds. The summed E-state index contributed by atoms with van der Waals surface area (Å²) in [7, 11) is 2.39. The van der Waals surface area contributed by atoms with Crippen LogP contribution in [0.1, 0.15) is 40.0 Å². The molecule has 0 aliphatic rings. The Morgan fingerprint density at radius 3 is 1.17 bits per heavy atom. The third-order valence-electron chi connectivity index (χ3n) is 2.29. The van der Waals surface area contributed by atoms with Gasteiger partial charge in [-0.05, 0) is 19.3 Å². The zero-order valence-electron chi connectivity index (χ0n) is 9.07. The molecule has 0 aromatic rings. The summed E-state index contributed by atoms with van der Waals surface area (Å²) in [5.74, 6) is 0. The molecule has 0 saturated heterocycles. The average Bonchev–Trinajstić information content (AvgIpc) is 1.88. The van der Waals surface area contributed by atoms with Crippen molar-refractivity contribution in [3.63, 3.8) is 0 Å². The van der Waals surface area contributed by atoms with E-state index >= 15 is 0 Å². The minimum atomic E-state index is 0. The van der Waals surface area contributed by atoms with Gasteiger partial charge in [0, 0.05) is 0 Å². The van der Waals surface area contributed by atoms with Crippen LogP contribution in [0.2, 0.25) is 0 Å². The molecule has 0 saturated carbocycles. The van der Waals surface area contributed by atoms with Crippen molar-refractivity contribution < 1.29 is 21.5 Å². The summed E-state index contributed by atoms with van der Waals surface area (Å²) in [4.78, 5) is 0. The highest BCUT2D eigenvalue weighted by Crippen LogP contribution is 2.06. The maximum Gasteiger partial charge on any atom is 0.0781 e. The van der Waals surface area contributed by atoms with Crippen LogP contribution in [0.25, 0.3) is 0 Å². The van der Waals surface area contributed by atoms with E-state index in [9.17, 15) is 0 Å². The number of quaternary nitrogens is 1. The van der Waals surface area contributed by atoms with Crippen LogP contribution in [0, 0.1) is 0 Å². The fourth-order valence-corrected chi connectivity index (χ4v) is 1.95. The van der Waals surface area contributed by atoms with Gasteiger partial charge in [-0.25, -0.2) is 0 Å². The predicted octanol–water partition coefficient (Wildman–Crippen LogP) is -0.333. The lowest BCUT2D eigenvalue weighted by molar-refractivity contribution is -0.909. The highest BCUT2D eigenvalue weighted by atomic mass is 79.9. The molecule has 0 bridgehead atoms. The molecule has 12 heavy (non-hydrogen) atoms. The van der Waals surface area contributed by atoms with E-state index in [1.807, 2.05) is 0 Å². The van der Waals surface area contributed by atoms with E-state index in [0.717, 1.165) is 0 Å². The molecule has 0 spiro atoms. The molecular weight excluding hydrogens is 214 g/mol. The molecule has 0 aromatic heterocycles. The molecule has 0 unspecified atom stereocenters. The number of rotatable bonds is 6. The first-order valence-corrected chi connectivity index (χ1v) is 5.02. The second-order valence-electron chi connectivity index (χ2n) is 3.79. The van der Waals surface area contributed by atoms with E-state index < -0.39 is 0 Å². The van der Waals surface area contributed by atoms with Crippen molar-refractivity contribution in [3.8, 4) is 0 Å². The monoisotopic (exact) mass is 237 g/mol. The van der Waals surface area contributed by atoms with E-state index in [1.165, 1.54) is 43.4 Å². The Labute approximate surface area is 88.5 Å². The third-order valence-corrected chi connectivity index (χ3v) is 2.29. The number of halogens is 1. The van der Waals surface area contributed by atoms with Gasteiger partial charge >= 0.3 is 0 Å². The van der Waals surface area contributed by atoms with Crippen molar-refractivity contribution in [2.24, 2.45) is 0 Å². The van der Waals surface area contributed by atoms with E-state index in [-0.39, 0.29) is 17.0 Å². The molecule has 0 aromatic carbocycles. The van der Waals surface area contributed by atoms with Crippen LogP contribution in [0.3, 0.4) is 0 Å². The van der Waals surface area contributed by atoms with Crippen molar-refractivity contribution in [2.75, 3.05) is 26.7 Å². The zero-order valence-corrected chi connectivity index (χ0v) is 10.7. The number of hydrogen-bond donors (Lipinski definition) is 0. The summed E-state index contributed by atoms with van der Waals surface area (Å²) < 4.78 is 1.28. The standard InChI is InChI=1S/C10H24N.BrH/c1-5-8-11(4,9-6-2)10-7-3;/h5-10H2,1-4H3;1H/q+1;/p-1. The second kappa shape index (κ2) is 8.06. The lowest BCUT2D eigenvalue weighted by Gasteiger charge is -2.33. The van der Waals surface area contributed by atoms with Crippen LogP contribution < -0.4 is 17.0 Å². The fourth-order valence-electron chi connectivity index (χ4n) is 1.95. The van der Waals surface area contributed by atoms with Gasteiger partial charge in [-0.15, -0.1) is 0 Å². The van der Waals surface area contributed by atoms with E-state index in [1.54, 1.807) is 0 Å². The minimum absolute atomic E-state index is 0. The Morgan fingerprint density at radius 2 is 1.00 bits per heavy atom. The molecule has 2 heteroatoms. The predicted molar refractivity (Wildman–Crippen MR) is 51.7 cm³/mol. The lowest BCUT2D eigenvalue weighted by atomic mass is 10.2. The van der Waals surface area contributed by atoms with E-state index in [0.29, 0.717) is 0 Å². The third kappa shape index (κ3) is 6.01. The largest absolute Gasteiger partial charge is 1.00 e. The van der Waals surface area contributed by atoms with Crippen LogP contribution in [-0.2, 0) is 0 Å². The summed E-state index contributed by atoms with van der Waals surface area (Å²) in [6.07, 6.45) is 3.95. The maximum atomic E-state index is 2.39. The van der Waals surface area contributed by atoms with Crippen molar-refractivity contribution in [1.29, 1.82) is 0 Å². The van der Waals surface area contributed by atoms with Crippen molar-refractivity contribution >= 4 is 0 Å². The molecule has 0 aliphatic heterocycles. The second-order valence-corrected chi connectivity index (χ2v) is 3.79. The van der Waals surface area contributed by atoms with Crippen molar-refractivity contribution in [3.05, 3.63) is 0 Å². The highest BCUT2D eigenvalue weighted by Gasteiger charge is 2.16. The van der Waals surface area contributed by atoms with E-state index in [2.05, 4.69) is 27.8 Å². The van der Waals surface area contributed by atoms with Gasteiger partial charge in [-0.1, -0.05) is 20.8 Å². The van der Waals surface area contributed by atoms with Crippen LogP contribution in [0.5, 0.6) is 0 Å². The average molecular weight is 238 g/mol. The summed E-state index contributed by atoms with van der Waals surface area (Å²) in [6, 6.07) is 0. The maximum absolute atomic E-state index is 2.39. The molecule has 0 radical (unpaired) electrons. The minimum Gasteiger partial charge on any atom is -1.00 e. The molecule has 0 aliphatic carbocycles. The first kappa shape index (κ1) is 14.9. The highest BCUT2D eigenvalue weighted by molar-refractivity contribution is 4.37. The Morgan fingerprint density at radius 1 is 0.750 bits per heavy atom. The summed E-state index contributed by atoms with van der Waals surface area (Å²) in [5.41, 5.74) is 0. The quantitative estimate of drug-likeness (QED) is 0.556. The molecule has 0 N–H and O–H groups in total. The van der Waals surface area contributed by atoms with Gasteiger partial charge in [0.1, 0.15) is 0 Å². The molecular formula is C10H24BrN. The number of nitrogens with zero attached hydrogens (tertiary/aromatic N) is 1. The molecule has 0 rings (SSSR count). The zero-order chi connectivity index (χ0) is 8.74. The smallest absolute Gasteiger partial charge is 0.0781 e. The van der Waals surface area contributed by atoms with Crippen molar-refractivity contribution in [1.82, 2.24) is 0 Å². The van der Waals surface area contributed by atoms with Crippen molar-refractivity contribution in [2.45, 2.75) is 40.0 Å². The van der Waals surface area contributed by atoms with Gasteiger partial charge in [0.05, 0.1) is 26.7 Å². The fraction of sp³-hybridized carbons (Fsp3) is 1.00. The Kier molecular flexibility index (Phi) is 10.0. The number of hydrogen-bond acceptors (Lipinski definition) is 0.